The predicted octanol–water partition coefficient (Wildman–Crippen LogP) is 2.60. The average Bonchev–Trinajstić information content (AvgIpc) is 2.31. The SMILES string of the molecule is CC1(C)CCC2CCOC2C1. The van der Waals surface area contributed by atoms with Crippen molar-refractivity contribution in [3.05, 3.63) is 0 Å². The summed E-state index contributed by atoms with van der Waals surface area (Å²) in [5.74, 6) is 0.906. The van der Waals surface area contributed by atoms with Crippen molar-refractivity contribution in [3.8, 4) is 0 Å². The molecule has 2 atom stereocenters. The molecule has 1 nitrogen and oxygen atoms in total. The van der Waals surface area contributed by atoms with Crippen molar-refractivity contribution in [2.45, 2.75) is 45.6 Å². The van der Waals surface area contributed by atoms with Gasteiger partial charge >= 0.3 is 0 Å². The van der Waals surface area contributed by atoms with Gasteiger partial charge in [-0.25, -0.2) is 0 Å². The molecule has 1 heteroatoms. The molecule has 0 radical (unpaired) electrons. The maximum atomic E-state index is 5.69. The lowest BCUT2D eigenvalue weighted by molar-refractivity contribution is 0.0209. The van der Waals surface area contributed by atoms with E-state index in [2.05, 4.69) is 13.8 Å². The molecule has 11 heavy (non-hydrogen) atoms. The van der Waals surface area contributed by atoms with E-state index >= 15 is 0 Å². The molecule has 0 amide bonds. The Labute approximate surface area is 69.1 Å². The fourth-order valence-corrected chi connectivity index (χ4v) is 2.47. The summed E-state index contributed by atoms with van der Waals surface area (Å²) in [5.41, 5.74) is 0.547. The Balaban J connectivity index is 2.02. The van der Waals surface area contributed by atoms with Gasteiger partial charge in [-0.2, -0.15) is 0 Å². The Bertz CT molecular complexity index is 151. The van der Waals surface area contributed by atoms with E-state index in [1.165, 1.54) is 25.7 Å². The highest BCUT2D eigenvalue weighted by Gasteiger charge is 2.38. The zero-order valence-electron chi connectivity index (χ0n) is 7.60. The van der Waals surface area contributed by atoms with E-state index in [0.29, 0.717) is 11.5 Å². The molecular weight excluding hydrogens is 136 g/mol. The van der Waals surface area contributed by atoms with E-state index in [9.17, 15) is 0 Å². The minimum Gasteiger partial charge on any atom is -0.378 e. The van der Waals surface area contributed by atoms with Crippen LogP contribution in [0, 0.1) is 11.3 Å². The summed E-state index contributed by atoms with van der Waals surface area (Å²) < 4.78 is 5.69. The van der Waals surface area contributed by atoms with Crippen molar-refractivity contribution in [1.82, 2.24) is 0 Å². The molecule has 64 valence electrons. The standard InChI is InChI=1S/C10H18O/c1-10(2)5-3-8-4-6-11-9(8)7-10/h8-9H,3-7H2,1-2H3. The minimum atomic E-state index is 0.547. The van der Waals surface area contributed by atoms with Crippen LogP contribution in [0.5, 0.6) is 0 Å². The summed E-state index contributed by atoms with van der Waals surface area (Å²) in [6.45, 7) is 5.75. The van der Waals surface area contributed by atoms with Crippen LogP contribution in [0.3, 0.4) is 0 Å². The molecule has 1 aliphatic carbocycles. The van der Waals surface area contributed by atoms with Crippen molar-refractivity contribution >= 4 is 0 Å². The van der Waals surface area contributed by atoms with Crippen LogP contribution in [0.2, 0.25) is 0 Å². The van der Waals surface area contributed by atoms with Crippen molar-refractivity contribution in [1.29, 1.82) is 0 Å². The first kappa shape index (κ1) is 7.60. The molecule has 2 unspecified atom stereocenters. The van der Waals surface area contributed by atoms with Crippen LogP contribution in [0.4, 0.5) is 0 Å². The molecule has 0 spiro atoms. The Hall–Kier alpha value is -0.0400. The van der Waals surface area contributed by atoms with E-state index in [0.717, 1.165) is 12.5 Å². The molecule has 2 fully saturated rings. The summed E-state index contributed by atoms with van der Waals surface area (Å²) in [5, 5.41) is 0. The summed E-state index contributed by atoms with van der Waals surface area (Å²) in [6, 6.07) is 0. The Morgan fingerprint density at radius 3 is 2.91 bits per heavy atom. The van der Waals surface area contributed by atoms with Gasteiger partial charge in [0.15, 0.2) is 0 Å². The first-order chi connectivity index (χ1) is 5.17. The smallest absolute Gasteiger partial charge is 0.0609 e. The second-order valence-electron chi connectivity index (χ2n) is 4.87. The minimum absolute atomic E-state index is 0.547. The van der Waals surface area contributed by atoms with Crippen LogP contribution in [0.25, 0.3) is 0 Å². The maximum Gasteiger partial charge on any atom is 0.0609 e. The third kappa shape index (κ3) is 1.44. The van der Waals surface area contributed by atoms with Gasteiger partial charge in [-0.1, -0.05) is 13.8 Å². The van der Waals surface area contributed by atoms with Gasteiger partial charge in [0.05, 0.1) is 6.10 Å². The lowest BCUT2D eigenvalue weighted by atomic mass is 9.71. The van der Waals surface area contributed by atoms with E-state index < -0.39 is 0 Å². The topological polar surface area (TPSA) is 9.23 Å². The summed E-state index contributed by atoms with van der Waals surface area (Å²) in [6.07, 6.45) is 6.02. The number of hydrogen-bond donors (Lipinski definition) is 0. The molecular formula is C10H18O. The van der Waals surface area contributed by atoms with Crippen LogP contribution >= 0.6 is 0 Å². The van der Waals surface area contributed by atoms with E-state index in [1.54, 1.807) is 0 Å². The Morgan fingerprint density at radius 1 is 1.27 bits per heavy atom. The van der Waals surface area contributed by atoms with Gasteiger partial charge in [-0.15, -0.1) is 0 Å². The van der Waals surface area contributed by atoms with Gasteiger partial charge in [-0.05, 0) is 37.0 Å². The third-order valence-electron chi connectivity index (χ3n) is 3.29. The van der Waals surface area contributed by atoms with Gasteiger partial charge < -0.3 is 4.74 Å². The largest absolute Gasteiger partial charge is 0.378 e. The highest BCUT2D eigenvalue weighted by atomic mass is 16.5. The number of hydrogen-bond acceptors (Lipinski definition) is 1. The molecule has 1 aliphatic heterocycles. The van der Waals surface area contributed by atoms with Gasteiger partial charge in [0.25, 0.3) is 0 Å². The molecule has 2 aliphatic rings. The second-order valence-corrected chi connectivity index (χ2v) is 4.87. The van der Waals surface area contributed by atoms with Gasteiger partial charge in [0.1, 0.15) is 0 Å². The van der Waals surface area contributed by atoms with Crippen LogP contribution in [0.1, 0.15) is 39.5 Å². The number of ether oxygens (including phenoxy) is 1. The van der Waals surface area contributed by atoms with Crippen molar-refractivity contribution in [2.75, 3.05) is 6.61 Å². The van der Waals surface area contributed by atoms with Crippen LogP contribution in [-0.2, 0) is 4.74 Å². The molecule has 0 N–H and O–H groups in total. The summed E-state index contributed by atoms with van der Waals surface area (Å²) in [7, 11) is 0. The number of rotatable bonds is 0. The molecule has 1 saturated carbocycles. The molecule has 1 saturated heterocycles. The lowest BCUT2D eigenvalue weighted by Crippen LogP contribution is -2.31. The Kier molecular flexibility index (Phi) is 1.71. The van der Waals surface area contributed by atoms with Crippen LogP contribution < -0.4 is 0 Å². The normalized spacial score (nSPS) is 42.0. The Morgan fingerprint density at radius 2 is 2.09 bits per heavy atom. The van der Waals surface area contributed by atoms with Gasteiger partial charge in [0.2, 0.25) is 0 Å². The second kappa shape index (κ2) is 2.48. The molecule has 0 aromatic rings. The van der Waals surface area contributed by atoms with Gasteiger partial charge in [-0.3, -0.25) is 0 Å². The first-order valence-electron chi connectivity index (χ1n) is 4.79. The summed E-state index contributed by atoms with van der Waals surface area (Å²) in [4.78, 5) is 0. The average molecular weight is 154 g/mol. The third-order valence-corrected chi connectivity index (χ3v) is 3.29. The highest BCUT2D eigenvalue weighted by Crippen LogP contribution is 2.43. The fraction of sp³-hybridized carbons (Fsp3) is 1.00. The van der Waals surface area contributed by atoms with E-state index in [1.807, 2.05) is 0 Å². The predicted molar refractivity (Wildman–Crippen MR) is 45.5 cm³/mol. The zero-order valence-corrected chi connectivity index (χ0v) is 7.60. The van der Waals surface area contributed by atoms with Gasteiger partial charge in [0, 0.05) is 6.61 Å². The summed E-state index contributed by atoms with van der Waals surface area (Å²) >= 11 is 0. The fourth-order valence-electron chi connectivity index (χ4n) is 2.47. The van der Waals surface area contributed by atoms with Crippen LogP contribution in [0.15, 0.2) is 0 Å². The van der Waals surface area contributed by atoms with Crippen molar-refractivity contribution < 1.29 is 4.74 Å². The van der Waals surface area contributed by atoms with Crippen LogP contribution in [-0.4, -0.2) is 12.7 Å². The molecule has 0 aromatic carbocycles. The molecule has 0 bridgehead atoms. The quantitative estimate of drug-likeness (QED) is 0.521. The van der Waals surface area contributed by atoms with Crippen molar-refractivity contribution in [2.24, 2.45) is 11.3 Å². The molecule has 1 heterocycles. The first-order valence-corrected chi connectivity index (χ1v) is 4.79. The van der Waals surface area contributed by atoms with Crippen molar-refractivity contribution in [3.63, 3.8) is 0 Å². The monoisotopic (exact) mass is 154 g/mol. The lowest BCUT2D eigenvalue weighted by Gasteiger charge is -2.36. The maximum absolute atomic E-state index is 5.69. The van der Waals surface area contributed by atoms with E-state index in [4.69, 9.17) is 4.74 Å². The molecule has 2 rings (SSSR count). The van der Waals surface area contributed by atoms with E-state index in [-0.39, 0.29) is 0 Å². The highest BCUT2D eigenvalue weighted by molar-refractivity contribution is 4.88. The number of fused-ring (bicyclic) bond motifs is 1. The molecule has 0 aromatic heterocycles. The zero-order chi connectivity index (χ0) is 7.90.